The maximum absolute atomic E-state index is 13.2. The molecule has 124 valence electrons. The summed E-state index contributed by atoms with van der Waals surface area (Å²) >= 11 is 0. The van der Waals surface area contributed by atoms with Gasteiger partial charge >= 0.3 is 0 Å². The van der Waals surface area contributed by atoms with Crippen molar-refractivity contribution in [2.24, 2.45) is 5.73 Å². The second-order valence-corrected chi connectivity index (χ2v) is 6.04. The van der Waals surface area contributed by atoms with Gasteiger partial charge in [0.05, 0.1) is 5.54 Å². The molecule has 2 N–H and O–H groups in total. The molecule has 0 heterocycles. The SMILES string of the molecule is CCCN(CCc1cccc(F)c1)C(=O)C1(N)CCCC1.Cl. The molecule has 1 aliphatic carbocycles. The van der Waals surface area contributed by atoms with Gasteiger partial charge in [-0.15, -0.1) is 12.4 Å². The molecule has 1 amide bonds. The second kappa shape index (κ2) is 8.49. The lowest BCUT2D eigenvalue weighted by Crippen LogP contribution is -2.54. The lowest BCUT2D eigenvalue weighted by molar-refractivity contribution is -0.136. The highest BCUT2D eigenvalue weighted by molar-refractivity contribution is 5.86. The first-order valence-corrected chi connectivity index (χ1v) is 7.88. The van der Waals surface area contributed by atoms with Gasteiger partial charge in [-0.25, -0.2) is 4.39 Å². The average molecular weight is 329 g/mol. The molecular formula is C17H26ClFN2O. The Morgan fingerprint density at radius 3 is 2.59 bits per heavy atom. The Kier molecular flexibility index (Phi) is 7.30. The van der Waals surface area contributed by atoms with Gasteiger partial charge in [0, 0.05) is 13.1 Å². The van der Waals surface area contributed by atoms with E-state index in [-0.39, 0.29) is 24.1 Å². The third-order valence-electron chi connectivity index (χ3n) is 4.26. The average Bonchev–Trinajstić information content (AvgIpc) is 2.91. The Hall–Kier alpha value is -1.13. The van der Waals surface area contributed by atoms with Crippen LogP contribution in [0.2, 0.25) is 0 Å². The van der Waals surface area contributed by atoms with E-state index in [0.717, 1.165) is 37.7 Å². The minimum Gasteiger partial charge on any atom is -0.341 e. The Balaban J connectivity index is 0.00000242. The fraction of sp³-hybridized carbons (Fsp3) is 0.588. The molecule has 2 rings (SSSR count). The van der Waals surface area contributed by atoms with Gasteiger partial charge in [-0.2, -0.15) is 0 Å². The van der Waals surface area contributed by atoms with Crippen LogP contribution in [0.25, 0.3) is 0 Å². The van der Waals surface area contributed by atoms with E-state index in [0.29, 0.717) is 19.5 Å². The lowest BCUT2D eigenvalue weighted by Gasteiger charge is -2.31. The summed E-state index contributed by atoms with van der Waals surface area (Å²) in [6.45, 7) is 3.38. The van der Waals surface area contributed by atoms with E-state index in [4.69, 9.17) is 5.73 Å². The van der Waals surface area contributed by atoms with Crippen LogP contribution in [-0.2, 0) is 11.2 Å². The summed E-state index contributed by atoms with van der Waals surface area (Å²) in [5.74, 6) is -0.162. The third kappa shape index (κ3) is 4.68. The highest BCUT2D eigenvalue weighted by Crippen LogP contribution is 2.29. The third-order valence-corrected chi connectivity index (χ3v) is 4.26. The first-order valence-electron chi connectivity index (χ1n) is 7.88. The molecule has 1 aromatic rings. The van der Waals surface area contributed by atoms with Gasteiger partial charge in [0.1, 0.15) is 5.82 Å². The monoisotopic (exact) mass is 328 g/mol. The zero-order valence-electron chi connectivity index (χ0n) is 13.2. The van der Waals surface area contributed by atoms with Crippen LogP contribution in [0, 0.1) is 5.82 Å². The number of nitrogens with zero attached hydrogens (tertiary/aromatic N) is 1. The van der Waals surface area contributed by atoms with Crippen molar-refractivity contribution in [3.63, 3.8) is 0 Å². The topological polar surface area (TPSA) is 46.3 Å². The van der Waals surface area contributed by atoms with E-state index in [9.17, 15) is 9.18 Å². The molecule has 0 saturated heterocycles. The quantitative estimate of drug-likeness (QED) is 0.871. The molecule has 1 saturated carbocycles. The number of amides is 1. The van der Waals surface area contributed by atoms with Crippen LogP contribution >= 0.6 is 12.4 Å². The maximum atomic E-state index is 13.2. The van der Waals surface area contributed by atoms with Crippen molar-refractivity contribution in [3.05, 3.63) is 35.6 Å². The highest BCUT2D eigenvalue weighted by Gasteiger charge is 2.39. The van der Waals surface area contributed by atoms with Crippen LogP contribution in [0.5, 0.6) is 0 Å². The fourth-order valence-electron chi connectivity index (χ4n) is 3.08. The summed E-state index contributed by atoms with van der Waals surface area (Å²) in [5.41, 5.74) is 6.52. The zero-order valence-corrected chi connectivity index (χ0v) is 14.0. The zero-order chi connectivity index (χ0) is 15.3. The number of rotatable bonds is 6. The van der Waals surface area contributed by atoms with Crippen molar-refractivity contribution < 1.29 is 9.18 Å². The van der Waals surface area contributed by atoms with Gasteiger partial charge in [-0.1, -0.05) is 31.9 Å². The molecular weight excluding hydrogens is 303 g/mol. The number of halogens is 2. The Morgan fingerprint density at radius 2 is 2.00 bits per heavy atom. The van der Waals surface area contributed by atoms with Crippen molar-refractivity contribution in [3.8, 4) is 0 Å². The molecule has 0 spiro atoms. The minimum atomic E-state index is -0.670. The molecule has 0 atom stereocenters. The summed E-state index contributed by atoms with van der Waals surface area (Å²) < 4.78 is 13.2. The smallest absolute Gasteiger partial charge is 0.242 e. The molecule has 3 nitrogen and oxygen atoms in total. The van der Waals surface area contributed by atoms with Crippen molar-refractivity contribution >= 4 is 18.3 Å². The standard InChI is InChI=1S/C17H25FN2O.ClH/c1-2-11-20(16(21)17(19)9-3-4-10-17)12-8-14-6-5-7-15(18)13-14;/h5-7,13H,2-4,8-12,19H2,1H3;1H. The molecule has 5 heteroatoms. The Labute approximate surface area is 138 Å². The van der Waals surface area contributed by atoms with Crippen molar-refractivity contribution in [1.29, 1.82) is 0 Å². The van der Waals surface area contributed by atoms with Crippen molar-refractivity contribution in [2.45, 2.75) is 51.0 Å². The molecule has 0 unspecified atom stereocenters. The predicted molar refractivity (Wildman–Crippen MR) is 89.6 cm³/mol. The van der Waals surface area contributed by atoms with Gasteiger partial charge in [-0.05, 0) is 43.4 Å². The second-order valence-electron chi connectivity index (χ2n) is 6.04. The fourth-order valence-corrected chi connectivity index (χ4v) is 3.08. The Morgan fingerprint density at radius 1 is 1.32 bits per heavy atom. The molecule has 0 bridgehead atoms. The minimum absolute atomic E-state index is 0. The van der Waals surface area contributed by atoms with Crippen LogP contribution in [0.15, 0.2) is 24.3 Å². The number of benzene rings is 1. The van der Waals surface area contributed by atoms with E-state index in [1.165, 1.54) is 12.1 Å². The van der Waals surface area contributed by atoms with Crippen LogP contribution in [0.4, 0.5) is 4.39 Å². The number of hydrogen-bond donors (Lipinski definition) is 1. The van der Waals surface area contributed by atoms with Gasteiger partial charge in [-0.3, -0.25) is 4.79 Å². The van der Waals surface area contributed by atoms with Crippen LogP contribution in [-0.4, -0.2) is 29.4 Å². The van der Waals surface area contributed by atoms with E-state index in [1.807, 2.05) is 11.0 Å². The molecule has 1 aliphatic rings. The predicted octanol–water partition coefficient (Wildman–Crippen LogP) is 3.30. The molecule has 1 fully saturated rings. The highest BCUT2D eigenvalue weighted by atomic mass is 35.5. The normalized spacial score (nSPS) is 16.1. The summed E-state index contributed by atoms with van der Waals surface area (Å²) in [6, 6.07) is 6.57. The molecule has 0 radical (unpaired) electrons. The van der Waals surface area contributed by atoms with Gasteiger partial charge in [0.2, 0.25) is 5.91 Å². The number of hydrogen-bond acceptors (Lipinski definition) is 2. The first kappa shape index (κ1) is 18.9. The van der Waals surface area contributed by atoms with E-state index in [2.05, 4.69) is 6.92 Å². The van der Waals surface area contributed by atoms with E-state index >= 15 is 0 Å². The maximum Gasteiger partial charge on any atom is 0.242 e. The van der Waals surface area contributed by atoms with Crippen molar-refractivity contribution in [2.75, 3.05) is 13.1 Å². The summed E-state index contributed by atoms with van der Waals surface area (Å²) in [7, 11) is 0. The molecule has 0 aromatic heterocycles. The first-order chi connectivity index (χ1) is 10.0. The number of nitrogens with two attached hydrogens (primary N) is 1. The molecule has 0 aliphatic heterocycles. The van der Waals surface area contributed by atoms with Crippen molar-refractivity contribution in [1.82, 2.24) is 4.90 Å². The number of carbonyl (C=O) groups excluding carboxylic acids is 1. The van der Waals surface area contributed by atoms with Gasteiger partial charge in [0.25, 0.3) is 0 Å². The van der Waals surface area contributed by atoms with Crippen LogP contribution in [0.1, 0.15) is 44.6 Å². The van der Waals surface area contributed by atoms with Crippen LogP contribution in [0.3, 0.4) is 0 Å². The molecule has 22 heavy (non-hydrogen) atoms. The Bertz CT molecular complexity index is 489. The van der Waals surface area contributed by atoms with Crippen LogP contribution < -0.4 is 5.73 Å². The molecule has 1 aromatic carbocycles. The summed E-state index contributed by atoms with van der Waals surface area (Å²) in [6.07, 6.45) is 5.21. The summed E-state index contributed by atoms with van der Waals surface area (Å²) in [4.78, 5) is 14.5. The van der Waals surface area contributed by atoms with Gasteiger partial charge in [0.15, 0.2) is 0 Å². The summed E-state index contributed by atoms with van der Waals surface area (Å²) in [5, 5.41) is 0. The lowest BCUT2D eigenvalue weighted by atomic mass is 9.96. The van der Waals surface area contributed by atoms with E-state index < -0.39 is 5.54 Å². The van der Waals surface area contributed by atoms with Gasteiger partial charge < -0.3 is 10.6 Å². The largest absolute Gasteiger partial charge is 0.341 e. The number of carbonyl (C=O) groups is 1. The van der Waals surface area contributed by atoms with E-state index in [1.54, 1.807) is 6.07 Å².